The molecule has 2 aromatic heterocycles. The van der Waals surface area contributed by atoms with E-state index in [2.05, 4.69) is 25.5 Å². The Morgan fingerprint density at radius 2 is 2.33 bits per heavy atom. The summed E-state index contributed by atoms with van der Waals surface area (Å²) in [6.45, 7) is 0.465. The van der Waals surface area contributed by atoms with E-state index < -0.39 is 6.08 Å². The quantitative estimate of drug-likeness (QED) is 0.782. The summed E-state index contributed by atoms with van der Waals surface area (Å²) < 4.78 is 12.7. The van der Waals surface area contributed by atoms with E-state index >= 15 is 0 Å². The van der Waals surface area contributed by atoms with E-state index in [4.69, 9.17) is 11.6 Å². The Bertz CT molecular complexity index is 444. The minimum absolute atomic E-state index is 0.269. The minimum Gasteiger partial charge on any atom is -0.364 e. The Labute approximate surface area is 89.7 Å². The largest absolute Gasteiger partial charge is 0.364 e. The van der Waals surface area contributed by atoms with Crippen LogP contribution in [0.15, 0.2) is 18.6 Å². The Kier molecular flexibility index (Phi) is 2.77. The van der Waals surface area contributed by atoms with Crippen LogP contribution in [-0.2, 0) is 6.54 Å². The van der Waals surface area contributed by atoms with Gasteiger partial charge in [-0.2, -0.15) is 14.5 Å². The molecule has 2 rings (SSSR count). The molecule has 78 valence electrons. The highest BCUT2D eigenvalue weighted by Gasteiger charge is 2.04. The van der Waals surface area contributed by atoms with Crippen LogP contribution in [0.5, 0.6) is 0 Å². The average Bonchev–Trinajstić information content (AvgIpc) is 2.72. The van der Waals surface area contributed by atoms with Crippen molar-refractivity contribution in [2.24, 2.45) is 0 Å². The molecular formula is C8H7ClFN5. The summed E-state index contributed by atoms with van der Waals surface area (Å²) in [6.07, 6.45) is 3.77. The third-order valence-corrected chi connectivity index (χ3v) is 2.01. The van der Waals surface area contributed by atoms with E-state index in [1.54, 1.807) is 12.4 Å². The van der Waals surface area contributed by atoms with Crippen LogP contribution in [0.3, 0.4) is 0 Å². The van der Waals surface area contributed by atoms with E-state index in [0.717, 1.165) is 5.56 Å². The molecular weight excluding hydrogens is 221 g/mol. The van der Waals surface area contributed by atoms with Crippen LogP contribution in [0.1, 0.15) is 5.56 Å². The van der Waals surface area contributed by atoms with Gasteiger partial charge in [-0.05, 0) is 0 Å². The van der Waals surface area contributed by atoms with E-state index in [1.165, 1.54) is 6.20 Å². The van der Waals surface area contributed by atoms with Crippen molar-refractivity contribution in [1.82, 2.24) is 20.2 Å². The van der Waals surface area contributed by atoms with E-state index in [-0.39, 0.29) is 10.8 Å². The number of aromatic amines is 1. The number of H-pyrrole nitrogens is 1. The molecule has 0 bridgehead atoms. The number of aromatic nitrogens is 4. The zero-order chi connectivity index (χ0) is 10.7. The number of nitrogens with one attached hydrogen (secondary N) is 2. The van der Waals surface area contributed by atoms with Gasteiger partial charge in [-0.1, -0.05) is 11.6 Å². The summed E-state index contributed by atoms with van der Waals surface area (Å²) in [5.74, 6) is 0.269. The molecule has 0 saturated heterocycles. The number of nitrogens with zero attached hydrogens (tertiary/aromatic N) is 3. The third-order valence-electron chi connectivity index (χ3n) is 1.73. The normalized spacial score (nSPS) is 10.3. The molecule has 0 amide bonds. The molecule has 7 heteroatoms. The fourth-order valence-electron chi connectivity index (χ4n) is 1.03. The maximum absolute atomic E-state index is 12.7. The Morgan fingerprint density at radius 3 is 3.07 bits per heavy atom. The van der Waals surface area contributed by atoms with Crippen LogP contribution >= 0.6 is 11.6 Å². The lowest BCUT2D eigenvalue weighted by atomic mass is 10.3. The molecule has 0 spiro atoms. The number of halogens is 2. The average molecular weight is 228 g/mol. The van der Waals surface area contributed by atoms with Crippen molar-refractivity contribution >= 4 is 17.4 Å². The van der Waals surface area contributed by atoms with Gasteiger partial charge >= 0.3 is 6.08 Å². The molecule has 0 radical (unpaired) electrons. The SMILES string of the molecule is Fc1ncc(Cl)c(NCc2cn[nH]c2)n1. The van der Waals surface area contributed by atoms with Crippen molar-refractivity contribution < 1.29 is 4.39 Å². The van der Waals surface area contributed by atoms with Crippen molar-refractivity contribution in [3.63, 3.8) is 0 Å². The zero-order valence-electron chi connectivity index (χ0n) is 7.54. The second kappa shape index (κ2) is 4.22. The molecule has 0 aliphatic rings. The lowest BCUT2D eigenvalue weighted by Gasteiger charge is -2.04. The highest BCUT2D eigenvalue weighted by Crippen LogP contribution is 2.17. The maximum Gasteiger partial charge on any atom is 0.310 e. The fourth-order valence-corrected chi connectivity index (χ4v) is 1.19. The first-order valence-electron chi connectivity index (χ1n) is 4.15. The first-order chi connectivity index (χ1) is 7.25. The summed E-state index contributed by atoms with van der Waals surface area (Å²) in [5.41, 5.74) is 0.921. The highest BCUT2D eigenvalue weighted by molar-refractivity contribution is 6.32. The van der Waals surface area contributed by atoms with Gasteiger partial charge < -0.3 is 5.32 Å². The lowest BCUT2D eigenvalue weighted by Crippen LogP contribution is -2.03. The molecule has 0 aliphatic carbocycles. The van der Waals surface area contributed by atoms with Gasteiger partial charge in [0.25, 0.3) is 0 Å². The Hall–Kier alpha value is -1.69. The van der Waals surface area contributed by atoms with Crippen LogP contribution < -0.4 is 5.32 Å². The molecule has 0 aromatic carbocycles. The van der Waals surface area contributed by atoms with Crippen molar-refractivity contribution in [2.45, 2.75) is 6.54 Å². The van der Waals surface area contributed by atoms with Crippen LogP contribution in [0.4, 0.5) is 10.2 Å². The summed E-state index contributed by atoms with van der Waals surface area (Å²) in [5, 5.41) is 9.58. The highest BCUT2D eigenvalue weighted by atomic mass is 35.5. The summed E-state index contributed by atoms with van der Waals surface area (Å²) in [6, 6.07) is 0. The molecule has 2 heterocycles. The monoisotopic (exact) mass is 227 g/mol. The molecule has 0 atom stereocenters. The van der Waals surface area contributed by atoms with Gasteiger partial charge in [-0.25, -0.2) is 4.98 Å². The smallest absolute Gasteiger partial charge is 0.310 e. The summed E-state index contributed by atoms with van der Waals surface area (Å²) in [7, 11) is 0. The predicted molar refractivity (Wildman–Crippen MR) is 52.9 cm³/mol. The summed E-state index contributed by atoms with van der Waals surface area (Å²) >= 11 is 5.76. The van der Waals surface area contributed by atoms with Crippen molar-refractivity contribution in [1.29, 1.82) is 0 Å². The fraction of sp³-hybridized carbons (Fsp3) is 0.125. The third kappa shape index (κ3) is 2.41. The number of hydrogen-bond acceptors (Lipinski definition) is 4. The molecule has 2 N–H and O–H groups in total. The summed E-state index contributed by atoms with van der Waals surface area (Å²) in [4.78, 5) is 6.84. The van der Waals surface area contributed by atoms with Gasteiger partial charge in [-0.15, -0.1) is 0 Å². The second-order valence-electron chi connectivity index (χ2n) is 2.80. The van der Waals surface area contributed by atoms with E-state index in [1.807, 2.05) is 0 Å². The standard InChI is InChI=1S/C8H7ClFN5/c9-6-4-12-8(10)15-7(6)11-1-5-2-13-14-3-5/h2-4H,1H2,(H,13,14)(H,11,12,15). The Morgan fingerprint density at radius 1 is 1.47 bits per heavy atom. The van der Waals surface area contributed by atoms with E-state index in [9.17, 15) is 4.39 Å². The van der Waals surface area contributed by atoms with Crippen molar-refractivity contribution in [3.8, 4) is 0 Å². The van der Waals surface area contributed by atoms with Crippen LogP contribution in [-0.4, -0.2) is 20.2 Å². The predicted octanol–water partition coefficient (Wildman–Crippen LogP) is 1.60. The van der Waals surface area contributed by atoms with Crippen molar-refractivity contribution in [2.75, 3.05) is 5.32 Å². The van der Waals surface area contributed by atoms with Gasteiger partial charge in [0.1, 0.15) is 5.02 Å². The molecule has 2 aromatic rings. The number of rotatable bonds is 3. The first-order valence-corrected chi connectivity index (χ1v) is 4.53. The molecule has 0 aliphatic heterocycles. The van der Waals surface area contributed by atoms with Gasteiger partial charge in [-0.3, -0.25) is 5.10 Å². The Balaban J connectivity index is 2.07. The van der Waals surface area contributed by atoms with Gasteiger partial charge in [0.2, 0.25) is 0 Å². The molecule has 0 saturated carbocycles. The molecule has 5 nitrogen and oxygen atoms in total. The lowest BCUT2D eigenvalue weighted by molar-refractivity contribution is 0.540. The maximum atomic E-state index is 12.7. The van der Waals surface area contributed by atoms with Gasteiger partial charge in [0, 0.05) is 18.3 Å². The zero-order valence-corrected chi connectivity index (χ0v) is 8.29. The molecule has 15 heavy (non-hydrogen) atoms. The molecule has 0 unspecified atom stereocenters. The van der Waals surface area contributed by atoms with E-state index in [0.29, 0.717) is 6.54 Å². The molecule has 0 fully saturated rings. The van der Waals surface area contributed by atoms with Crippen LogP contribution in [0.2, 0.25) is 5.02 Å². The minimum atomic E-state index is -0.811. The first kappa shape index (κ1) is 9.85. The van der Waals surface area contributed by atoms with Crippen molar-refractivity contribution in [3.05, 3.63) is 35.3 Å². The topological polar surface area (TPSA) is 66.5 Å². The number of hydrogen-bond donors (Lipinski definition) is 2. The van der Waals surface area contributed by atoms with Crippen LogP contribution in [0, 0.1) is 6.08 Å². The van der Waals surface area contributed by atoms with Crippen LogP contribution in [0.25, 0.3) is 0 Å². The number of anilines is 1. The second-order valence-corrected chi connectivity index (χ2v) is 3.20. The van der Waals surface area contributed by atoms with Gasteiger partial charge in [0.15, 0.2) is 5.82 Å². The van der Waals surface area contributed by atoms with Gasteiger partial charge in [0.05, 0.1) is 12.4 Å².